The van der Waals surface area contributed by atoms with Gasteiger partial charge in [-0.15, -0.1) is 23.5 Å². The quantitative estimate of drug-likeness (QED) is 0.0285. The van der Waals surface area contributed by atoms with Gasteiger partial charge in [-0.3, -0.25) is 34.1 Å². The molecule has 0 unspecified atom stereocenters. The first kappa shape index (κ1) is 45.9. The van der Waals surface area contributed by atoms with Gasteiger partial charge in [0.2, 0.25) is 11.8 Å². The molecular weight excluding hydrogens is 781 g/mol. The number of rotatable bonds is 23. The number of halogens is 2. The first-order valence-corrected chi connectivity index (χ1v) is 19.9. The molecule has 3 rings (SSSR count). The van der Waals surface area contributed by atoms with Crippen LogP contribution in [0.25, 0.3) is 0 Å². The number of nitrogens with one attached hydrogen (secondary N) is 4. The minimum atomic E-state index is -0.798. The molecule has 308 valence electrons. The van der Waals surface area contributed by atoms with Gasteiger partial charge < -0.3 is 55.7 Å². The molecule has 0 saturated heterocycles. The van der Waals surface area contributed by atoms with Crippen LogP contribution in [-0.4, -0.2) is 78.2 Å². The summed E-state index contributed by atoms with van der Waals surface area (Å²) in [4.78, 5) is 65.1. The van der Waals surface area contributed by atoms with E-state index in [0.717, 1.165) is 30.0 Å². The van der Waals surface area contributed by atoms with Crippen molar-refractivity contribution in [1.29, 1.82) is 0 Å². The van der Waals surface area contributed by atoms with Crippen LogP contribution in [0.1, 0.15) is 64.9 Å². The average molecular weight is 830 g/mol. The normalized spacial score (nSPS) is 10.7. The van der Waals surface area contributed by atoms with Crippen molar-refractivity contribution < 1.29 is 28.0 Å². The van der Waals surface area contributed by atoms with Gasteiger partial charge in [-0.05, 0) is 80.7 Å². The number of benzene rings is 2. The minimum absolute atomic E-state index is 0.0119. The molecule has 0 aliphatic carbocycles. The minimum Gasteiger partial charge on any atom is -0.370 e. The van der Waals surface area contributed by atoms with E-state index in [4.69, 9.17) is 34.4 Å². The first-order chi connectivity index (χ1) is 27.3. The summed E-state index contributed by atoms with van der Waals surface area (Å²) >= 11 is 2.40. The van der Waals surface area contributed by atoms with Crippen molar-refractivity contribution in [2.75, 3.05) is 53.6 Å². The second-order valence-electron chi connectivity index (χ2n) is 12.2. The number of nitrogens with zero attached hydrogens (tertiary/aromatic N) is 3. The predicted molar refractivity (Wildman–Crippen MR) is 222 cm³/mol. The average Bonchev–Trinajstić information content (AvgIpc) is 3.15. The molecule has 0 bridgehead atoms. The Morgan fingerprint density at radius 1 is 0.667 bits per heavy atom. The van der Waals surface area contributed by atoms with Crippen LogP contribution in [0.3, 0.4) is 0 Å². The molecule has 4 amide bonds. The van der Waals surface area contributed by atoms with E-state index in [-0.39, 0.29) is 84.5 Å². The van der Waals surface area contributed by atoms with Gasteiger partial charge in [0.25, 0.3) is 11.8 Å². The Kier molecular flexibility index (Phi) is 19.5. The molecular formula is C36H49F2N13O4S2. The maximum Gasteiger partial charge on any atom is 0.274 e. The highest BCUT2D eigenvalue weighted by Crippen LogP contribution is 2.37. The van der Waals surface area contributed by atoms with Crippen molar-refractivity contribution >= 4 is 76.1 Å². The van der Waals surface area contributed by atoms with Crippen molar-refractivity contribution in [3.05, 3.63) is 71.1 Å². The van der Waals surface area contributed by atoms with E-state index in [1.54, 1.807) is 0 Å². The fourth-order valence-electron chi connectivity index (χ4n) is 5.06. The standard InChI is InChI=1S/C36H49F2N13O4S2/c37-23-15-22(20-48-29(52)5-1-3-8-39)31(56-13-11-46-35(41)42)25(17-23)50-33(54)21-7-10-45-28(16-21)34(55)51-27-19-24(38)18-26(49-30(53)6-2-4-9-40)32(27)57-14-12-47-36(43)44/h7,10,15-19H,1-6,8-9,11-14,20,39-40H2,(H,48,52)(H,49,53)(H,50,54)(H,51,55)(H4,41,42,46)(H4,43,44,47). The highest BCUT2D eigenvalue weighted by Gasteiger charge is 2.20. The largest absolute Gasteiger partial charge is 0.370 e. The third kappa shape index (κ3) is 16.2. The predicted octanol–water partition coefficient (Wildman–Crippen LogP) is 2.41. The number of hydrogen-bond donors (Lipinski definition) is 10. The lowest BCUT2D eigenvalue weighted by atomic mass is 10.1. The molecule has 1 aromatic heterocycles. The van der Waals surface area contributed by atoms with Gasteiger partial charge in [-0.2, -0.15) is 0 Å². The highest BCUT2D eigenvalue weighted by molar-refractivity contribution is 7.99. The number of pyridine rings is 1. The van der Waals surface area contributed by atoms with E-state index in [1.165, 1.54) is 36.2 Å². The SMILES string of the molecule is NCCCCC(=O)NCc1cc(F)cc(NC(=O)c2ccnc(C(=O)Nc3cc(F)cc(NC(=O)CCCCN)c3SCCN=C(N)N)c2)c1SCCN=C(N)N. The van der Waals surface area contributed by atoms with Crippen molar-refractivity contribution in [2.24, 2.45) is 44.4 Å². The number of carbonyl (C=O) groups excluding carboxylic acids is 4. The van der Waals surface area contributed by atoms with Gasteiger partial charge in [-0.1, -0.05) is 0 Å². The highest BCUT2D eigenvalue weighted by atomic mass is 32.2. The van der Waals surface area contributed by atoms with Gasteiger partial charge in [0.05, 0.1) is 35.0 Å². The van der Waals surface area contributed by atoms with E-state index >= 15 is 0 Å². The molecule has 0 fully saturated rings. The number of carbonyl (C=O) groups is 4. The molecule has 0 spiro atoms. The van der Waals surface area contributed by atoms with Crippen LogP contribution in [-0.2, 0) is 16.1 Å². The number of guanidine groups is 2. The van der Waals surface area contributed by atoms with Gasteiger partial charge in [0, 0.05) is 47.5 Å². The Morgan fingerprint density at radius 3 is 1.79 bits per heavy atom. The summed E-state index contributed by atoms with van der Waals surface area (Å²) in [6, 6.07) is 7.16. The monoisotopic (exact) mass is 829 g/mol. The number of amides is 4. The topological polar surface area (TPSA) is 310 Å². The molecule has 2 aromatic carbocycles. The molecule has 17 nitrogen and oxygen atoms in total. The van der Waals surface area contributed by atoms with E-state index < -0.39 is 23.4 Å². The Labute approximate surface area is 337 Å². The lowest BCUT2D eigenvalue weighted by Crippen LogP contribution is -2.24. The van der Waals surface area contributed by atoms with Crippen molar-refractivity contribution in [3.8, 4) is 0 Å². The molecule has 1 heterocycles. The van der Waals surface area contributed by atoms with Crippen LogP contribution >= 0.6 is 23.5 Å². The van der Waals surface area contributed by atoms with Gasteiger partial charge in [0.1, 0.15) is 17.3 Å². The summed E-state index contributed by atoms with van der Waals surface area (Å²) < 4.78 is 29.9. The summed E-state index contributed by atoms with van der Waals surface area (Å²) in [6.07, 6.45) is 4.05. The maximum absolute atomic E-state index is 15.0. The third-order valence-electron chi connectivity index (χ3n) is 7.67. The van der Waals surface area contributed by atoms with Crippen LogP contribution < -0.4 is 55.7 Å². The number of anilines is 3. The molecule has 0 atom stereocenters. The summed E-state index contributed by atoms with van der Waals surface area (Å²) in [7, 11) is 0. The molecule has 0 radical (unpaired) electrons. The third-order valence-corrected chi connectivity index (χ3v) is 9.94. The Hall–Kier alpha value is -5.51. The molecule has 0 aliphatic rings. The molecule has 3 aromatic rings. The summed E-state index contributed by atoms with van der Waals surface area (Å²) in [5, 5.41) is 10.8. The molecule has 57 heavy (non-hydrogen) atoms. The van der Waals surface area contributed by atoms with Crippen LogP contribution in [0.15, 0.2) is 62.4 Å². The second kappa shape index (κ2) is 24.2. The Balaban J connectivity index is 1.89. The van der Waals surface area contributed by atoms with Crippen molar-refractivity contribution in [3.63, 3.8) is 0 Å². The van der Waals surface area contributed by atoms with E-state index in [9.17, 15) is 28.0 Å². The number of hydrogen-bond acceptors (Lipinski definition) is 11. The second-order valence-corrected chi connectivity index (χ2v) is 14.4. The zero-order valence-corrected chi connectivity index (χ0v) is 32.9. The number of unbranched alkanes of at least 4 members (excludes halogenated alkanes) is 2. The van der Waals surface area contributed by atoms with Crippen molar-refractivity contribution in [2.45, 2.75) is 54.9 Å². The summed E-state index contributed by atoms with van der Waals surface area (Å²) in [6.45, 7) is 1.25. The van der Waals surface area contributed by atoms with Gasteiger partial charge >= 0.3 is 0 Å². The number of aromatic nitrogens is 1. The smallest absolute Gasteiger partial charge is 0.274 e. The van der Waals surface area contributed by atoms with Crippen molar-refractivity contribution in [1.82, 2.24) is 10.3 Å². The van der Waals surface area contributed by atoms with E-state index in [2.05, 4.69) is 36.2 Å². The van der Waals surface area contributed by atoms with Gasteiger partial charge in [0.15, 0.2) is 11.9 Å². The lowest BCUT2D eigenvalue weighted by Gasteiger charge is -2.17. The van der Waals surface area contributed by atoms with Crippen LogP contribution in [0, 0.1) is 11.6 Å². The van der Waals surface area contributed by atoms with Crippen LogP contribution in [0.2, 0.25) is 0 Å². The maximum atomic E-state index is 15.0. The van der Waals surface area contributed by atoms with Crippen LogP contribution in [0.5, 0.6) is 0 Å². The fourth-order valence-corrected chi connectivity index (χ4v) is 6.94. The zero-order valence-electron chi connectivity index (χ0n) is 31.2. The summed E-state index contributed by atoms with van der Waals surface area (Å²) in [5.41, 5.74) is 33.3. The number of nitrogens with two attached hydrogens (primary N) is 6. The molecule has 16 N–H and O–H groups in total. The van der Waals surface area contributed by atoms with Gasteiger partial charge in [-0.25, -0.2) is 8.78 Å². The molecule has 0 saturated carbocycles. The lowest BCUT2D eigenvalue weighted by molar-refractivity contribution is -0.121. The molecule has 0 aliphatic heterocycles. The number of thioether (sulfide) groups is 2. The number of aliphatic imine (C=N–C) groups is 2. The summed E-state index contributed by atoms with van der Waals surface area (Å²) in [5.74, 6) is -3.13. The fraction of sp³-hybridized carbons (Fsp3) is 0.361. The zero-order chi connectivity index (χ0) is 41.7. The molecule has 21 heteroatoms. The Morgan fingerprint density at radius 2 is 1.19 bits per heavy atom. The van der Waals surface area contributed by atoms with E-state index in [1.807, 2.05) is 0 Å². The first-order valence-electron chi connectivity index (χ1n) is 17.9. The van der Waals surface area contributed by atoms with E-state index in [0.29, 0.717) is 65.6 Å². The van der Waals surface area contributed by atoms with Crippen LogP contribution in [0.4, 0.5) is 25.8 Å². The Bertz CT molecular complexity index is 1930.